The lowest BCUT2D eigenvalue weighted by molar-refractivity contribution is 0.283. The van der Waals surface area contributed by atoms with Crippen molar-refractivity contribution in [3.05, 3.63) is 41.3 Å². The molecule has 1 aromatic heterocycles. The number of fused-ring (bicyclic) bond motifs is 1. The molecule has 3 heteroatoms. The molecule has 0 amide bonds. The Hall–Kier alpha value is -1.48. The van der Waals surface area contributed by atoms with Crippen molar-refractivity contribution in [2.24, 2.45) is 0 Å². The molecule has 0 saturated heterocycles. The van der Waals surface area contributed by atoms with Gasteiger partial charge in [-0.25, -0.2) is 9.37 Å². The van der Waals surface area contributed by atoms with Crippen molar-refractivity contribution < 1.29 is 9.50 Å². The lowest BCUT2D eigenvalue weighted by Crippen LogP contribution is -1.99. The quantitative estimate of drug-likeness (QED) is 0.842. The second-order valence-corrected chi connectivity index (χ2v) is 4.16. The predicted octanol–water partition coefficient (Wildman–Crippen LogP) is 2.99. The zero-order valence-corrected chi connectivity index (χ0v) is 9.37. The molecular weight excluding hydrogens is 205 g/mol. The Bertz CT molecular complexity index is 523. The molecule has 0 aliphatic heterocycles. The molecule has 1 heterocycles. The van der Waals surface area contributed by atoms with Gasteiger partial charge in [-0.1, -0.05) is 26.0 Å². The fourth-order valence-corrected chi connectivity index (χ4v) is 1.73. The third kappa shape index (κ3) is 1.78. The van der Waals surface area contributed by atoms with Crippen LogP contribution in [0.4, 0.5) is 4.39 Å². The number of aromatic nitrogens is 1. The van der Waals surface area contributed by atoms with Crippen molar-refractivity contribution in [3.63, 3.8) is 0 Å². The van der Waals surface area contributed by atoms with Crippen molar-refractivity contribution in [3.8, 4) is 0 Å². The highest BCUT2D eigenvalue weighted by Gasteiger charge is 2.10. The number of hydrogen-bond acceptors (Lipinski definition) is 2. The standard InChI is InChI=1S/C13H14FNO/c1-8(2)12-6-9(7-16)10-4-3-5-11(14)13(10)15-12/h3-6,8,16H,7H2,1-2H3. The second kappa shape index (κ2) is 4.18. The normalized spacial score (nSPS) is 11.3. The highest BCUT2D eigenvalue weighted by atomic mass is 19.1. The average molecular weight is 219 g/mol. The highest BCUT2D eigenvalue weighted by Crippen LogP contribution is 2.24. The van der Waals surface area contributed by atoms with Crippen LogP contribution in [-0.4, -0.2) is 10.1 Å². The van der Waals surface area contributed by atoms with Crippen LogP contribution in [0.25, 0.3) is 10.9 Å². The van der Waals surface area contributed by atoms with Crippen molar-refractivity contribution in [2.75, 3.05) is 0 Å². The molecule has 0 radical (unpaired) electrons. The maximum Gasteiger partial charge on any atom is 0.149 e. The summed E-state index contributed by atoms with van der Waals surface area (Å²) in [6.07, 6.45) is 0. The third-order valence-electron chi connectivity index (χ3n) is 2.66. The summed E-state index contributed by atoms with van der Waals surface area (Å²) in [5, 5.41) is 9.97. The lowest BCUT2D eigenvalue weighted by Gasteiger charge is -2.10. The number of aliphatic hydroxyl groups excluding tert-OH is 1. The Kier molecular flexibility index (Phi) is 2.88. The summed E-state index contributed by atoms with van der Waals surface area (Å²) in [6.45, 7) is 3.90. The topological polar surface area (TPSA) is 33.1 Å². The zero-order chi connectivity index (χ0) is 11.7. The Balaban J connectivity index is 2.79. The fraction of sp³-hybridized carbons (Fsp3) is 0.308. The van der Waals surface area contributed by atoms with Gasteiger partial charge in [0.2, 0.25) is 0 Å². The van der Waals surface area contributed by atoms with E-state index in [0.29, 0.717) is 10.9 Å². The van der Waals surface area contributed by atoms with Crippen LogP contribution >= 0.6 is 0 Å². The molecule has 0 unspecified atom stereocenters. The Morgan fingerprint density at radius 3 is 2.75 bits per heavy atom. The van der Waals surface area contributed by atoms with Gasteiger partial charge in [0.25, 0.3) is 0 Å². The monoisotopic (exact) mass is 219 g/mol. The van der Waals surface area contributed by atoms with Gasteiger partial charge in [-0.15, -0.1) is 0 Å². The second-order valence-electron chi connectivity index (χ2n) is 4.16. The van der Waals surface area contributed by atoms with Crippen molar-refractivity contribution in [1.29, 1.82) is 0 Å². The van der Waals surface area contributed by atoms with Crippen molar-refractivity contribution in [2.45, 2.75) is 26.4 Å². The molecule has 84 valence electrons. The van der Waals surface area contributed by atoms with E-state index in [-0.39, 0.29) is 18.3 Å². The van der Waals surface area contributed by atoms with Crippen LogP contribution in [0.2, 0.25) is 0 Å². The van der Waals surface area contributed by atoms with Crippen LogP contribution in [0.15, 0.2) is 24.3 Å². The van der Waals surface area contributed by atoms with E-state index in [1.165, 1.54) is 6.07 Å². The van der Waals surface area contributed by atoms with Gasteiger partial charge < -0.3 is 5.11 Å². The maximum atomic E-state index is 13.6. The molecule has 0 fully saturated rings. The highest BCUT2D eigenvalue weighted by molar-refractivity contribution is 5.82. The van der Waals surface area contributed by atoms with E-state index in [1.54, 1.807) is 12.1 Å². The summed E-state index contributed by atoms with van der Waals surface area (Å²) in [4.78, 5) is 4.30. The van der Waals surface area contributed by atoms with Crippen molar-refractivity contribution in [1.82, 2.24) is 4.98 Å². The number of benzene rings is 1. The van der Waals surface area contributed by atoms with Crippen LogP contribution in [0, 0.1) is 5.82 Å². The Morgan fingerprint density at radius 2 is 2.12 bits per heavy atom. The molecule has 16 heavy (non-hydrogen) atoms. The van der Waals surface area contributed by atoms with E-state index in [9.17, 15) is 9.50 Å². The van der Waals surface area contributed by atoms with Crippen LogP contribution < -0.4 is 0 Å². The minimum Gasteiger partial charge on any atom is -0.392 e. The largest absolute Gasteiger partial charge is 0.392 e. The van der Waals surface area contributed by atoms with E-state index in [4.69, 9.17) is 0 Å². The van der Waals surface area contributed by atoms with Gasteiger partial charge in [0.1, 0.15) is 11.3 Å². The molecule has 0 aliphatic rings. The molecule has 0 aliphatic carbocycles. The summed E-state index contributed by atoms with van der Waals surface area (Å²) in [6, 6.07) is 6.64. The lowest BCUT2D eigenvalue weighted by atomic mass is 10.0. The zero-order valence-electron chi connectivity index (χ0n) is 9.37. The number of pyridine rings is 1. The molecular formula is C13H14FNO. The van der Waals surface area contributed by atoms with Gasteiger partial charge >= 0.3 is 0 Å². The first kappa shape index (κ1) is 11.0. The summed E-state index contributed by atoms with van der Waals surface area (Å²) < 4.78 is 13.6. The van der Waals surface area contributed by atoms with Gasteiger partial charge in [0.15, 0.2) is 0 Å². The first-order chi connectivity index (χ1) is 7.63. The van der Waals surface area contributed by atoms with Gasteiger partial charge in [0.05, 0.1) is 6.61 Å². The molecule has 1 N–H and O–H groups in total. The molecule has 0 atom stereocenters. The molecule has 1 aromatic carbocycles. The molecule has 0 bridgehead atoms. The van der Waals surface area contributed by atoms with E-state index in [2.05, 4.69) is 4.98 Å². The SMILES string of the molecule is CC(C)c1cc(CO)c2cccc(F)c2n1. The van der Waals surface area contributed by atoms with Gasteiger partial charge in [0, 0.05) is 11.1 Å². The number of hydrogen-bond donors (Lipinski definition) is 1. The van der Waals surface area contributed by atoms with Gasteiger partial charge in [-0.3, -0.25) is 0 Å². The smallest absolute Gasteiger partial charge is 0.149 e. The Morgan fingerprint density at radius 1 is 1.38 bits per heavy atom. The number of nitrogens with zero attached hydrogens (tertiary/aromatic N) is 1. The molecule has 2 nitrogen and oxygen atoms in total. The van der Waals surface area contributed by atoms with Crippen LogP contribution in [-0.2, 0) is 6.61 Å². The van der Waals surface area contributed by atoms with E-state index in [0.717, 1.165) is 11.3 Å². The summed E-state index contributed by atoms with van der Waals surface area (Å²) in [5.74, 6) is -0.121. The van der Waals surface area contributed by atoms with Crippen LogP contribution in [0.1, 0.15) is 31.0 Å². The van der Waals surface area contributed by atoms with Gasteiger partial charge in [-0.2, -0.15) is 0 Å². The van der Waals surface area contributed by atoms with Crippen molar-refractivity contribution >= 4 is 10.9 Å². The minimum absolute atomic E-state index is 0.0950. The van der Waals surface area contributed by atoms with Gasteiger partial charge in [-0.05, 0) is 23.6 Å². The number of halogens is 1. The predicted molar refractivity (Wildman–Crippen MR) is 61.7 cm³/mol. The maximum absolute atomic E-state index is 13.6. The summed E-state index contributed by atoms with van der Waals surface area (Å²) in [5.41, 5.74) is 1.88. The van der Waals surface area contributed by atoms with E-state index < -0.39 is 0 Å². The fourth-order valence-electron chi connectivity index (χ4n) is 1.73. The third-order valence-corrected chi connectivity index (χ3v) is 2.66. The molecule has 0 saturated carbocycles. The first-order valence-electron chi connectivity index (χ1n) is 5.32. The molecule has 2 aromatic rings. The number of aliphatic hydroxyl groups is 1. The first-order valence-corrected chi connectivity index (χ1v) is 5.32. The van der Waals surface area contributed by atoms with Crippen LogP contribution in [0.3, 0.4) is 0 Å². The average Bonchev–Trinajstić information content (AvgIpc) is 2.28. The molecule has 0 spiro atoms. The summed E-state index contributed by atoms with van der Waals surface area (Å²) in [7, 11) is 0. The summed E-state index contributed by atoms with van der Waals surface area (Å²) >= 11 is 0. The number of rotatable bonds is 2. The van der Waals surface area contributed by atoms with E-state index in [1.807, 2.05) is 19.9 Å². The van der Waals surface area contributed by atoms with Crippen LogP contribution in [0.5, 0.6) is 0 Å². The minimum atomic E-state index is -0.338. The number of para-hydroxylation sites is 1. The molecule has 2 rings (SSSR count). The van der Waals surface area contributed by atoms with E-state index >= 15 is 0 Å². The Labute approximate surface area is 93.8 Å².